The van der Waals surface area contributed by atoms with Crippen molar-refractivity contribution in [2.75, 3.05) is 25.6 Å². The van der Waals surface area contributed by atoms with Crippen molar-refractivity contribution < 1.29 is 19.0 Å². The molecule has 0 aliphatic carbocycles. The molecule has 0 saturated carbocycles. The van der Waals surface area contributed by atoms with Crippen LogP contribution < -0.4 is 10.1 Å². The standard InChI is InChI=1S/C29H28N2O4/c1-4-25-26-16-15-24(34-18-17-33-3)19-27(26)31(5-2)28(25)22-11-13-23(14-12-22)30-29(32)35-20-21-9-7-6-8-10-21/h1,6-16,19H,5,17-18,20H2,2-3H3,(H,30,32). The van der Waals surface area contributed by atoms with Crippen molar-refractivity contribution in [3.63, 3.8) is 0 Å². The molecule has 0 aliphatic rings. The zero-order valence-electron chi connectivity index (χ0n) is 19.9. The molecular weight excluding hydrogens is 440 g/mol. The number of aryl methyl sites for hydroxylation is 1. The van der Waals surface area contributed by atoms with E-state index in [1.807, 2.05) is 72.8 Å². The van der Waals surface area contributed by atoms with Gasteiger partial charge in [0.2, 0.25) is 0 Å². The molecule has 1 aromatic heterocycles. The normalized spacial score (nSPS) is 10.7. The molecule has 3 aromatic carbocycles. The molecular formula is C29H28N2O4. The van der Waals surface area contributed by atoms with E-state index in [0.29, 0.717) is 18.9 Å². The smallest absolute Gasteiger partial charge is 0.411 e. The largest absolute Gasteiger partial charge is 0.491 e. The summed E-state index contributed by atoms with van der Waals surface area (Å²) in [6.45, 7) is 4.03. The van der Waals surface area contributed by atoms with Crippen LogP contribution in [0.3, 0.4) is 0 Å². The highest BCUT2D eigenvalue weighted by molar-refractivity contribution is 5.96. The van der Waals surface area contributed by atoms with Crippen molar-refractivity contribution in [1.82, 2.24) is 4.57 Å². The molecule has 178 valence electrons. The van der Waals surface area contributed by atoms with E-state index in [1.165, 1.54) is 0 Å². The predicted molar refractivity (Wildman–Crippen MR) is 139 cm³/mol. The van der Waals surface area contributed by atoms with Crippen molar-refractivity contribution in [2.24, 2.45) is 0 Å². The molecule has 0 bridgehead atoms. The van der Waals surface area contributed by atoms with E-state index in [-0.39, 0.29) is 6.61 Å². The number of carbonyl (C=O) groups is 1. The molecule has 1 heterocycles. The van der Waals surface area contributed by atoms with Gasteiger partial charge >= 0.3 is 6.09 Å². The second-order valence-electron chi connectivity index (χ2n) is 7.90. The summed E-state index contributed by atoms with van der Waals surface area (Å²) in [5, 5.41) is 3.77. The molecule has 0 spiro atoms. The Balaban J connectivity index is 1.55. The molecule has 6 nitrogen and oxygen atoms in total. The van der Waals surface area contributed by atoms with Crippen molar-refractivity contribution in [1.29, 1.82) is 0 Å². The first-order chi connectivity index (χ1) is 17.1. The van der Waals surface area contributed by atoms with E-state index in [4.69, 9.17) is 20.6 Å². The van der Waals surface area contributed by atoms with Gasteiger partial charge in [-0.1, -0.05) is 48.4 Å². The lowest BCUT2D eigenvalue weighted by Crippen LogP contribution is -2.13. The molecule has 0 saturated heterocycles. The Labute approximate surface area is 205 Å². The van der Waals surface area contributed by atoms with Crippen LogP contribution in [0.5, 0.6) is 5.75 Å². The van der Waals surface area contributed by atoms with Gasteiger partial charge in [0.05, 0.1) is 23.4 Å². The zero-order chi connectivity index (χ0) is 24.6. The first-order valence-corrected chi connectivity index (χ1v) is 11.5. The predicted octanol–water partition coefficient (Wildman–Crippen LogP) is 6.08. The summed E-state index contributed by atoms with van der Waals surface area (Å²) in [7, 11) is 1.65. The fourth-order valence-electron chi connectivity index (χ4n) is 4.03. The number of benzene rings is 3. The van der Waals surface area contributed by atoms with Crippen LogP contribution in [0.2, 0.25) is 0 Å². The molecule has 4 aromatic rings. The third-order valence-electron chi connectivity index (χ3n) is 5.67. The van der Waals surface area contributed by atoms with Crippen LogP contribution in [0, 0.1) is 12.3 Å². The molecule has 0 radical (unpaired) electrons. The number of fused-ring (bicyclic) bond motifs is 1. The number of ether oxygens (including phenoxy) is 3. The Morgan fingerprint density at radius 2 is 1.80 bits per heavy atom. The summed E-state index contributed by atoms with van der Waals surface area (Å²) in [6, 6.07) is 23.1. The van der Waals surface area contributed by atoms with Gasteiger partial charge in [-0.25, -0.2) is 4.79 Å². The number of carbonyl (C=O) groups excluding carboxylic acids is 1. The van der Waals surface area contributed by atoms with Crippen molar-refractivity contribution in [2.45, 2.75) is 20.1 Å². The molecule has 0 atom stereocenters. The average molecular weight is 469 g/mol. The Hall–Kier alpha value is -4.21. The number of amides is 1. The minimum atomic E-state index is -0.505. The van der Waals surface area contributed by atoms with E-state index >= 15 is 0 Å². The summed E-state index contributed by atoms with van der Waals surface area (Å²) in [5.74, 6) is 3.64. The minimum Gasteiger partial charge on any atom is -0.491 e. The number of hydrogen-bond donors (Lipinski definition) is 1. The number of nitrogens with one attached hydrogen (secondary N) is 1. The number of hydrogen-bond acceptors (Lipinski definition) is 4. The van der Waals surface area contributed by atoms with Gasteiger partial charge in [0.15, 0.2) is 0 Å². The van der Waals surface area contributed by atoms with E-state index in [1.54, 1.807) is 7.11 Å². The third kappa shape index (κ3) is 5.48. The summed E-state index contributed by atoms with van der Waals surface area (Å²) in [4.78, 5) is 12.2. The second-order valence-corrected chi connectivity index (χ2v) is 7.90. The highest BCUT2D eigenvalue weighted by Crippen LogP contribution is 2.35. The molecule has 4 rings (SSSR count). The summed E-state index contributed by atoms with van der Waals surface area (Å²) >= 11 is 0. The number of nitrogens with zero attached hydrogens (tertiary/aromatic N) is 1. The zero-order valence-corrected chi connectivity index (χ0v) is 19.9. The quantitative estimate of drug-likeness (QED) is 0.239. The summed E-state index contributed by atoms with van der Waals surface area (Å²) in [6.07, 6.45) is 5.45. The van der Waals surface area contributed by atoms with E-state index in [0.717, 1.165) is 45.6 Å². The van der Waals surface area contributed by atoms with Gasteiger partial charge in [-0.2, -0.15) is 0 Å². The highest BCUT2D eigenvalue weighted by atomic mass is 16.5. The average Bonchev–Trinajstić information content (AvgIpc) is 3.21. The monoisotopic (exact) mass is 468 g/mol. The Morgan fingerprint density at radius 3 is 2.49 bits per heavy atom. The van der Waals surface area contributed by atoms with Gasteiger partial charge in [0.1, 0.15) is 19.0 Å². The van der Waals surface area contributed by atoms with Gasteiger partial charge < -0.3 is 18.8 Å². The first-order valence-electron chi connectivity index (χ1n) is 11.5. The maximum absolute atomic E-state index is 12.2. The van der Waals surface area contributed by atoms with Gasteiger partial charge in [0, 0.05) is 30.8 Å². The summed E-state index contributed by atoms with van der Waals surface area (Å²) in [5.41, 5.74) is 5.32. The van der Waals surface area contributed by atoms with Gasteiger partial charge in [-0.3, -0.25) is 5.32 Å². The summed E-state index contributed by atoms with van der Waals surface area (Å²) < 4.78 is 18.4. The molecule has 0 aliphatic heterocycles. The van der Waals surface area contributed by atoms with Crippen LogP contribution in [0.25, 0.3) is 22.2 Å². The third-order valence-corrected chi connectivity index (χ3v) is 5.67. The van der Waals surface area contributed by atoms with E-state index in [2.05, 4.69) is 22.7 Å². The fraction of sp³-hybridized carbons (Fsp3) is 0.207. The van der Waals surface area contributed by atoms with Crippen LogP contribution in [0.4, 0.5) is 10.5 Å². The first kappa shape index (κ1) is 23.9. The van der Waals surface area contributed by atoms with Crippen LogP contribution >= 0.6 is 0 Å². The van der Waals surface area contributed by atoms with Crippen LogP contribution in [0.1, 0.15) is 18.1 Å². The van der Waals surface area contributed by atoms with Crippen molar-refractivity contribution in [3.8, 4) is 29.4 Å². The Kier molecular flexibility index (Phi) is 7.71. The lowest BCUT2D eigenvalue weighted by atomic mass is 10.1. The van der Waals surface area contributed by atoms with Crippen LogP contribution in [-0.4, -0.2) is 31.0 Å². The molecule has 6 heteroatoms. The number of terminal acetylenes is 1. The second kappa shape index (κ2) is 11.3. The lowest BCUT2D eigenvalue weighted by Gasteiger charge is -2.11. The Bertz CT molecular complexity index is 1340. The molecule has 1 amide bonds. The molecule has 0 fully saturated rings. The van der Waals surface area contributed by atoms with Gasteiger partial charge in [0.25, 0.3) is 0 Å². The van der Waals surface area contributed by atoms with Gasteiger partial charge in [-0.05, 0) is 42.3 Å². The topological polar surface area (TPSA) is 61.7 Å². The lowest BCUT2D eigenvalue weighted by molar-refractivity contribution is 0.146. The molecule has 0 unspecified atom stereocenters. The fourth-order valence-corrected chi connectivity index (χ4v) is 4.03. The molecule has 1 N–H and O–H groups in total. The van der Waals surface area contributed by atoms with E-state index in [9.17, 15) is 4.79 Å². The maximum atomic E-state index is 12.2. The number of aromatic nitrogens is 1. The minimum absolute atomic E-state index is 0.212. The number of methoxy groups -OCH3 is 1. The maximum Gasteiger partial charge on any atom is 0.411 e. The van der Waals surface area contributed by atoms with E-state index < -0.39 is 6.09 Å². The number of rotatable bonds is 9. The van der Waals surface area contributed by atoms with Crippen LogP contribution in [0.15, 0.2) is 72.8 Å². The molecule has 35 heavy (non-hydrogen) atoms. The van der Waals surface area contributed by atoms with Crippen molar-refractivity contribution in [3.05, 3.63) is 83.9 Å². The SMILES string of the molecule is C#Cc1c(-c2ccc(NC(=O)OCc3ccccc3)cc2)n(CC)c2cc(OCCOC)ccc12. The van der Waals surface area contributed by atoms with Crippen LogP contribution in [-0.2, 0) is 22.6 Å². The highest BCUT2D eigenvalue weighted by Gasteiger charge is 2.17. The Morgan fingerprint density at radius 1 is 1.03 bits per heavy atom. The van der Waals surface area contributed by atoms with Crippen molar-refractivity contribution >= 4 is 22.7 Å². The van der Waals surface area contributed by atoms with Gasteiger partial charge in [-0.15, -0.1) is 6.42 Å². The number of anilines is 1.